The Kier molecular flexibility index (Phi) is 4.95. The van der Waals surface area contributed by atoms with Crippen LogP contribution < -0.4 is 5.32 Å². The largest absolute Gasteiger partial charge is 0.305 e. The lowest BCUT2D eigenvalue weighted by Crippen LogP contribution is -2.18. The first-order valence-electron chi connectivity index (χ1n) is 5.59. The minimum atomic E-state index is -0.567. The molecule has 0 amide bonds. The van der Waals surface area contributed by atoms with Crippen LogP contribution in [0.1, 0.15) is 23.4 Å². The molecule has 19 heavy (non-hydrogen) atoms. The van der Waals surface area contributed by atoms with Crippen molar-refractivity contribution in [2.45, 2.75) is 19.5 Å². The normalized spacial score (nSPS) is 12.7. The molecule has 1 N–H and O–H groups in total. The fourth-order valence-corrected chi connectivity index (χ4v) is 3.44. The van der Waals surface area contributed by atoms with E-state index in [0.29, 0.717) is 16.4 Å². The van der Waals surface area contributed by atoms with Crippen LogP contribution in [0.5, 0.6) is 0 Å². The van der Waals surface area contributed by atoms with E-state index in [-0.39, 0.29) is 6.04 Å². The molecule has 0 aliphatic rings. The number of thiophene rings is 1. The smallest absolute Gasteiger partial charge is 0.130 e. The zero-order chi connectivity index (χ0) is 14.0. The van der Waals surface area contributed by atoms with Crippen molar-refractivity contribution >= 4 is 38.9 Å². The third-order valence-corrected chi connectivity index (χ3v) is 5.18. The maximum Gasteiger partial charge on any atom is 0.130 e. The van der Waals surface area contributed by atoms with Gasteiger partial charge in [0, 0.05) is 33.6 Å². The van der Waals surface area contributed by atoms with Crippen LogP contribution in [-0.2, 0) is 6.54 Å². The van der Waals surface area contributed by atoms with E-state index in [9.17, 15) is 8.78 Å². The van der Waals surface area contributed by atoms with Gasteiger partial charge in [-0.2, -0.15) is 0 Å². The number of hydrogen-bond acceptors (Lipinski definition) is 2. The molecule has 0 bridgehead atoms. The molecular formula is C13H11BrClF2NS. The lowest BCUT2D eigenvalue weighted by atomic mass is 10.1. The lowest BCUT2D eigenvalue weighted by molar-refractivity contribution is 0.519. The van der Waals surface area contributed by atoms with Crippen LogP contribution in [0.2, 0.25) is 4.34 Å². The third kappa shape index (κ3) is 3.75. The maximum atomic E-state index is 13.6. The zero-order valence-electron chi connectivity index (χ0n) is 10.0. The molecule has 1 heterocycles. The quantitative estimate of drug-likeness (QED) is 0.775. The van der Waals surface area contributed by atoms with Gasteiger partial charge in [-0.3, -0.25) is 0 Å². The minimum absolute atomic E-state index is 0.208. The lowest BCUT2D eigenvalue weighted by Gasteiger charge is -2.14. The fraction of sp³-hybridized carbons (Fsp3) is 0.231. The number of rotatable bonds is 4. The summed E-state index contributed by atoms with van der Waals surface area (Å²) in [4.78, 5) is 1.05. The highest BCUT2D eigenvalue weighted by Gasteiger charge is 2.12. The monoisotopic (exact) mass is 365 g/mol. The van der Waals surface area contributed by atoms with Crippen LogP contribution in [0.3, 0.4) is 0 Å². The van der Waals surface area contributed by atoms with Gasteiger partial charge >= 0.3 is 0 Å². The van der Waals surface area contributed by atoms with Gasteiger partial charge < -0.3 is 5.32 Å². The van der Waals surface area contributed by atoms with Crippen molar-refractivity contribution in [2.75, 3.05) is 0 Å². The molecule has 1 aromatic carbocycles. The Balaban J connectivity index is 2.03. The summed E-state index contributed by atoms with van der Waals surface area (Å²) in [6.07, 6.45) is 0. The van der Waals surface area contributed by atoms with Crippen molar-refractivity contribution in [1.82, 2.24) is 5.32 Å². The third-order valence-electron chi connectivity index (χ3n) is 2.71. The summed E-state index contributed by atoms with van der Waals surface area (Å²) in [7, 11) is 0. The number of halogens is 4. The van der Waals surface area contributed by atoms with Crippen molar-refractivity contribution in [1.29, 1.82) is 0 Å². The van der Waals surface area contributed by atoms with Gasteiger partial charge in [0.15, 0.2) is 0 Å². The topological polar surface area (TPSA) is 12.0 Å². The second kappa shape index (κ2) is 6.31. The van der Waals surface area contributed by atoms with Gasteiger partial charge in [0.05, 0.1) is 0 Å². The molecule has 1 unspecified atom stereocenters. The van der Waals surface area contributed by atoms with Crippen LogP contribution in [0.4, 0.5) is 8.78 Å². The molecule has 0 radical (unpaired) electrons. The number of benzene rings is 1. The zero-order valence-corrected chi connectivity index (χ0v) is 13.2. The van der Waals surface area contributed by atoms with E-state index in [0.717, 1.165) is 15.4 Å². The summed E-state index contributed by atoms with van der Waals surface area (Å²) in [5.74, 6) is -1.10. The highest BCUT2D eigenvalue weighted by Crippen LogP contribution is 2.32. The van der Waals surface area contributed by atoms with Gasteiger partial charge in [-0.05, 0) is 35.0 Å². The standard InChI is InChI=1S/C13H11BrClF2NS/c1-7(10-3-2-8(16)4-12(10)17)18-6-9-5-11(14)13(15)19-9/h2-5,7,18H,6H2,1H3. The summed E-state index contributed by atoms with van der Waals surface area (Å²) in [6.45, 7) is 2.41. The Hall–Kier alpha value is -0.490. The molecule has 0 aliphatic heterocycles. The van der Waals surface area contributed by atoms with Gasteiger partial charge in [0.25, 0.3) is 0 Å². The van der Waals surface area contributed by atoms with Gasteiger partial charge in [-0.25, -0.2) is 8.78 Å². The molecule has 2 aromatic rings. The average Bonchev–Trinajstić information content (AvgIpc) is 2.66. The first kappa shape index (κ1) is 14.9. The molecule has 1 atom stereocenters. The highest BCUT2D eigenvalue weighted by molar-refractivity contribution is 9.10. The van der Waals surface area contributed by atoms with Crippen molar-refractivity contribution < 1.29 is 8.78 Å². The SMILES string of the molecule is CC(NCc1cc(Br)c(Cl)s1)c1ccc(F)cc1F. The average molecular weight is 367 g/mol. The summed E-state index contributed by atoms with van der Waals surface area (Å²) in [6, 6.07) is 5.33. The van der Waals surface area contributed by atoms with E-state index in [1.165, 1.54) is 23.5 Å². The molecule has 1 aromatic heterocycles. The summed E-state index contributed by atoms with van der Waals surface area (Å²) >= 11 is 10.7. The number of nitrogens with one attached hydrogen (secondary N) is 1. The van der Waals surface area contributed by atoms with E-state index < -0.39 is 11.6 Å². The molecule has 1 nitrogen and oxygen atoms in total. The fourth-order valence-electron chi connectivity index (χ4n) is 1.69. The van der Waals surface area contributed by atoms with Crippen molar-refractivity contribution in [2.24, 2.45) is 0 Å². The molecule has 0 spiro atoms. The second-order valence-electron chi connectivity index (χ2n) is 4.10. The van der Waals surface area contributed by atoms with Gasteiger partial charge in [0.1, 0.15) is 16.0 Å². The Morgan fingerprint density at radius 1 is 1.37 bits per heavy atom. The van der Waals surface area contributed by atoms with Crippen molar-refractivity contribution in [3.63, 3.8) is 0 Å². The second-order valence-corrected chi connectivity index (χ2v) is 6.70. The highest BCUT2D eigenvalue weighted by atomic mass is 79.9. The van der Waals surface area contributed by atoms with Crippen LogP contribution in [0.15, 0.2) is 28.7 Å². The predicted molar refractivity (Wildman–Crippen MR) is 78.6 cm³/mol. The van der Waals surface area contributed by atoms with E-state index in [2.05, 4.69) is 21.2 Å². The van der Waals surface area contributed by atoms with Gasteiger partial charge in [-0.15, -0.1) is 11.3 Å². The first-order chi connectivity index (χ1) is 8.97. The van der Waals surface area contributed by atoms with Gasteiger partial charge in [-0.1, -0.05) is 17.7 Å². The maximum absolute atomic E-state index is 13.6. The van der Waals surface area contributed by atoms with Crippen LogP contribution >= 0.6 is 38.9 Å². The number of hydrogen-bond donors (Lipinski definition) is 1. The van der Waals surface area contributed by atoms with E-state index in [1.54, 1.807) is 0 Å². The molecule has 0 fully saturated rings. The first-order valence-corrected chi connectivity index (χ1v) is 7.58. The molecule has 102 valence electrons. The minimum Gasteiger partial charge on any atom is -0.305 e. The summed E-state index contributed by atoms with van der Waals surface area (Å²) in [5, 5.41) is 3.18. The van der Waals surface area contributed by atoms with Crippen LogP contribution in [0.25, 0.3) is 0 Å². The Morgan fingerprint density at radius 3 is 2.68 bits per heavy atom. The molecule has 0 saturated carbocycles. The van der Waals surface area contributed by atoms with E-state index in [1.807, 2.05) is 13.0 Å². The van der Waals surface area contributed by atoms with Crippen molar-refractivity contribution in [3.8, 4) is 0 Å². The van der Waals surface area contributed by atoms with E-state index in [4.69, 9.17) is 11.6 Å². The Labute approximate surface area is 127 Å². The van der Waals surface area contributed by atoms with Crippen LogP contribution in [-0.4, -0.2) is 0 Å². The molecule has 2 rings (SSSR count). The molecule has 0 aliphatic carbocycles. The Morgan fingerprint density at radius 2 is 2.11 bits per heavy atom. The van der Waals surface area contributed by atoms with Gasteiger partial charge in [0.2, 0.25) is 0 Å². The van der Waals surface area contributed by atoms with E-state index >= 15 is 0 Å². The Bertz CT molecular complexity index is 569. The summed E-state index contributed by atoms with van der Waals surface area (Å²) in [5.41, 5.74) is 0.447. The molecule has 0 saturated heterocycles. The molecule has 6 heteroatoms. The van der Waals surface area contributed by atoms with Crippen LogP contribution in [0, 0.1) is 11.6 Å². The summed E-state index contributed by atoms with van der Waals surface area (Å²) < 4.78 is 28.0. The molecular weight excluding hydrogens is 356 g/mol. The van der Waals surface area contributed by atoms with Crippen molar-refractivity contribution in [3.05, 3.63) is 55.1 Å². The predicted octanol–water partition coefficient (Wildman–Crippen LogP) is 5.29.